The van der Waals surface area contributed by atoms with E-state index in [1.165, 1.54) is 0 Å². The number of allylic oxidation sites excluding steroid dienone is 1. The Hall–Kier alpha value is -2.59. The van der Waals surface area contributed by atoms with Gasteiger partial charge in [0.1, 0.15) is 5.75 Å². The minimum absolute atomic E-state index is 0.0362. The van der Waals surface area contributed by atoms with Crippen LogP contribution in [0.5, 0.6) is 5.75 Å². The molecule has 1 N–H and O–H groups in total. The van der Waals surface area contributed by atoms with Crippen LogP contribution < -0.4 is 4.90 Å². The van der Waals surface area contributed by atoms with Gasteiger partial charge in [-0.05, 0) is 50.0 Å². The third kappa shape index (κ3) is 5.25. The molecule has 2 aromatic rings. The van der Waals surface area contributed by atoms with E-state index in [1.807, 2.05) is 45.4 Å². The Labute approximate surface area is 143 Å². The van der Waals surface area contributed by atoms with E-state index in [2.05, 4.69) is 9.80 Å². The summed E-state index contributed by atoms with van der Waals surface area (Å²) in [5.74, 6) is 0.179. The molecule has 0 aliphatic rings. The standard InChI is InChI=1S/C20H24N2O2/c1-21(2)13-14-22(3)18-6-4-5-17(15-18)20(24)12-9-16-7-10-19(23)11-8-16/h4-12,15,23H,13-14H2,1-3H3. The van der Waals surface area contributed by atoms with Crippen LogP contribution in [0.3, 0.4) is 0 Å². The monoisotopic (exact) mass is 324 g/mol. The molecule has 0 aliphatic heterocycles. The predicted molar refractivity (Wildman–Crippen MR) is 99.7 cm³/mol. The van der Waals surface area contributed by atoms with E-state index in [1.54, 1.807) is 36.4 Å². The van der Waals surface area contributed by atoms with Gasteiger partial charge in [0.2, 0.25) is 0 Å². The molecule has 0 atom stereocenters. The van der Waals surface area contributed by atoms with Crippen molar-refractivity contribution in [3.63, 3.8) is 0 Å². The van der Waals surface area contributed by atoms with Gasteiger partial charge in [-0.1, -0.05) is 30.3 Å². The number of hydrogen-bond acceptors (Lipinski definition) is 4. The van der Waals surface area contributed by atoms with Crippen molar-refractivity contribution in [2.24, 2.45) is 0 Å². The second kappa shape index (κ2) is 8.31. The van der Waals surface area contributed by atoms with Crippen molar-refractivity contribution in [1.29, 1.82) is 0 Å². The van der Waals surface area contributed by atoms with Gasteiger partial charge >= 0.3 is 0 Å². The average Bonchev–Trinajstić information content (AvgIpc) is 2.59. The predicted octanol–water partition coefficient (Wildman–Crippen LogP) is 3.29. The lowest BCUT2D eigenvalue weighted by molar-refractivity contribution is 0.104. The molecule has 2 rings (SSSR count). The van der Waals surface area contributed by atoms with Crippen molar-refractivity contribution in [1.82, 2.24) is 4.90 Å². The minimum atomic E-state index is -0.0362. The Morgan fingerprint density at radius 2 is 1.75 bits per heavy atom. The van der Waals surface area contributed by atoms with E-state index in [-0.39, 0.29) is 11.5 Å². The number of phenols is 1. The molecule has 0 saturated carbocycles. The summed E-state index contributed by atoms with van der Waals surface area (Å²) in [6, 6.07) is 14.4. The lowest BCUT2D eigenvalue weighted by Crippen LogP contribution is -2.28. The molecule has 0 bridgehead atoms. The summed E-state index contributed by atoms with van der Waals surface area (Å²) >= 11 is 0. The summed E-state index contributed by atoms with van der Waals surface area (Å²) in [5.41, 5.74) is 2.57. The van der Waals surface area contributed by atoms with E-state index in [0.717, 1.165) is 24.3 Å². The first-order valence-corrected chi connectivity index (χ1v) is 7.93. The molecule has 0 spiro atoms. The summed E-state index contributed by atoms with van der Waals surface area (Å²) < 4.78 is 0. The highest BCUT2D eigenvalue weighted by atomic mass is 16.3. The largest absolute Gasteiger partial charge is 0.508 e. The molecular weight excluding hydrogens is 300 g/mol. The van der Waals surface area contributed by atoms with E-state index in [0.29, 0.717) is 5.56 Å². The van der Waals surface area contributed by atoms with Gasteiger partial charge in [-0.2, -0.15) is 0 Å². The Balaban J connectivity index is 2.07. The molecular formula is C20H24N2O2. The summed E-state index contributed by atoms with van der Waals surface area (Å²) in [4.78, 5) is 16.6. The van der Waals surface area contributed by atoms with E-state index in [4.69, 9.17) is 0 Å². The molecule has 2 aromatic carbocycles. The number of anilines is 1. The first-order chi connectivity index (χ1) is 11.5. The number of phenolic OH excluding ortho intramolecular Hbond substituents is 1. The zero-order chi connectivity index (χ0) is 17.5. The van der Waals surface area contributed by atoms with Crippen LogP contribution in [0.4, 0.5) is 5.69 Å². The molecule has 0 unspecified atom stereocenters. The topological polar surface area (TPSA) is 43.8 Å². The maximum atomic E-state index is 12.4. The first kappa shape index (κ1) is 17.8. The second-order valence-electron chi connectivity index (χ2n) is 6.06. The number of likely N-dealkylation sites (N-methyl/N-ethyl adjacent to an activating group) is 2. The smallest absolute Gasteiger partial charge is 0.185 e. The van der Waals surface area contributed by atoms with Gasteiger partial charge in [-0.3, -0.25) is 4.79 Å². The molecule has 0 fully saturated rings. The van der Waals surface area contributed by atoms with Crippen molar-refractivity contribution in [3.8, 4) is 5.75 Å². The molecule has 4 heteroatoms. The zero-order valence-corrected chi connectivity index (χ0v) is 14.4. The maximum absolute atomic E-state index is 12.4. The number of rotatable bonds is 7. The fourth-order valence-corrected chi connectivity index (χ4v) is 2.23. The first-order valence-electron chi connectivity index (χ1n) is 7.93. The number of benzene rings is 2. The Kier molecular flexibility index (Phi) is 6.15. The number of carbonyl (C=O) groups is 1. The van der Waals surface area contributed by atoms with Crippen molar-refractivity contribution >= 4 is 17.5 Å². The number of nitrogens with zero attached hydrogens (tertiary/aromatic N) is 2. The maximum Gasteiger partial charge on any atom is 0.185 e. The second-order valence-corrected chi connectivity index (χ2v) is 6.06. The molecule has 0 aliphatic carbocycles. The van der Waals surface area contributed by atoms with Gasteiger partial charge in [-0.25, -0.2) is 0 Å². The Morgan fingerprint density at radius 1 is 1.04 bits per heavy atom. The summed E-state index contributed by atoms with van der Waals surface area (Å²) in [6.45, 7) is 1.85. The Bertz CT molecular complexity index is 706. The summed E-state index contributed by atoms with van der Waals surface area (Å²) in [6.07, 6.45) is 3.31. The highest BCUT2D eigenvalue weighted by Gasteiger charge is 2.06. The van der Waals surface area contributed by atoms with Crippen LogP contribution in [-0.4, -0.2) is 50.0 Å². The SMILES string of the molecule is CN(C)CCN(C)c1cccc(C(=O)C=Cc2ccc(O)cc2)c1. The third-order valence-corrected chi connectivity index (χ3v) is 3.77. The van der Waals surface area contributed by atoms with Crippen LogP contribution >= 0.6 is 0 Å². The molecule has 4 nitrogen and oxygen atoms in total. The van der Waals surface area contributed by atoms with Crippen molar-refractivity contribution in [2.75, 3.05) is 39.1 Å². The third-order valence-electron chi connectivity index (χ3n) is 3.77. The fraction of sp³-hybridized carbons (Fsp3) is 0.250. The van der Waals surface area contributed by atoms with Crippen molar-refractivity contribution < 1.29 is 9.90 Å². The molecule has 24 heavy (non-hydrogen) atoms. The number of carbonyl (C=O) groups excluding carboxylic acids is 1. The lowest BCUT2D eigenvalue weighted by Gasteiger charge is -2.21. The molecule has 0 radical (unpaired) electrons. The van der Waals surface area contributed by atoms with Crippen molar-refractivity contribution in [2.45, 2.75) is 0 Å². The quantitative estimate of drug-likeness (QED) is 0.627. The molecule has 0 heterocycles. The van der Waals surface area contributed by atoms with Crippen LogP contribution in [0.1, 0.15) is 15.9 Å². The molecule has 0 amide bonds. The Morgan fingerprint density at radius 3 is 2.42 bits per heavy atom. The van der Waals surface area contributed by atoms with Gasteiger partial charge in [0, 0.05) is 31.4 Å². The normalized spacial score (nSPS) is 11.2. The molecule has 0 saturated heterocycles. The van der Waals surface area contributed by atoms with Gasteiger partial charge in [0.05, 0.1) is 0 Å². The molecule has 126 valence electrons. The van der Waals surface area contributed by atoms with Gasteiger partial charge in [0.15, 0.2) is 5.78 Å². The van der Waals surface area contributed by atoms with E-state index < -0.39 is 0 Å². The summed E-state index contributed by atoms with van der Waals surface area (Å²) in [5, 5.41) is 9.27. The highest BCUT2D eigenvalue weighted by Crippen LogP contribution is 2.16. The van der Waals surface area contributed by atoms with E-state index >= 15 is 0 Å². The van der Waals surface area contributed by atoms with Crippen LogP contribution in [0.25, 0.3) is 6.08 Å². The van der Waals surface area contributed by atoms with Crippen LogP contribution in [0.15, 0.2) is 54.6 Å². The number of aromatic hydroxyl groups is 1. The zero-order valence-electron chi connectivity index (χ0n) is 14.4. The number of ketones is 1. The highest BCUT2D eigenvalue weighted by molar-refractivity contribution is 6.07. The van der Waals surface area contributed by atoms with Crippen molar-refractivity contribution in [3.05, 3.63) is 65.7 Å². The average molecular weight is 324 g/mol. The van der Waals surface area contributed by atoms with Gasteiger partial charge in [-0.15, -0.1) is 0 Å². The summed E-state index contributed by atoms with van der Waals surface area (Å²) in [7, 11) is 6.11. The minimum Gasteiger partial charge on any atom is -0.508 e. The van der Waals surface area contributed by atoms with Crippen LogP contribution in [0, 0.1) is 0 Å². The van der Waals surface area contributed by atoms with E-state index in [9.17, 15) is 9.90 Å². The van der Waals surface area contributed by atoms with Gasteiger partial charge < -0.3 is 14.9 Å². The molecule has 0 aromatic heterocycles. The fourth-order valence-electron chi connectivity index (χ4n) is 2.23. The lowest BCUT2D eigenvalue weighted by atomic mass is 10.1. The number of hydrogen-bond donors (Lipinski definition) is 1. The van der Waals surface area contributed by atoms with Crippen LogP contribution in [0.2, 0.25) is 0 Å². The van der Waals surface area contributed by atoms with Crippen LogP contribution in [-0.2, 0) is 0 Å². The van der Waals surface area contributed by atoms with Gasteiger partial charge in [0.25, 0.3) is 0 Å².